The van der Waals surface area contributed by atoms with Gasteiger partial charge < -0.3 is 20.1 Å². The lowest BCUT2D eigenvalue weighted by Crippen LogP contribution is -2.30. The molecule has 0 aliphatic carbocycles. The smallest absolute Gasteiger partial charge is 0.382 e. The molecule has 6 nitrogen and oxygen atoms in total. The molecule has 1 rings (SSSR count). The van der Waals surface area contributed by atoms with E-state index in [4.69, 9.17) is 9.47 Å². The molecule has 0 unspecified atom stereocenters. The van der Waals surface area contributed by atoms with Crippen molar-refractivity contribution in [3.05, 3.63) is 29.8 Å². The number of carbonyl (C=O) groups excluding carboxylic acids is 2. The normalized spacial score (nSPS) is 11.1. The van der Waals surface area contributed by atoms with E-state index < -0.39 is 12.1 Å². The summed E-state index contributed by atoms with van der Waals surface area (Å²) in [5.41, 5.74) is 0.686. The largest absolute Gasteiger partial charge is 0.471 e. The van der Waals surface area contributed by atoms with Crippen LogP contribution in [0.1, 0.15) is 5.56 Å². The first-order valence-corrected chi connectivity index (χ1v) is 6.63. The third-order valence-corrected chi connectivity index (χ3v) is 2.62. The number of hydrogen-bond donors (Lipinski definition) is 2. The Hall–Kier alpha value is -2.13. The molecule has 0 fully saturated rings. The fourth-order valence-corrected chi connectivity index (χ4v) is 1.47. The summed E-state index contributed by atoms with van der Waals surface area (Å²) in [5, 5.41) is 4.32. The number of nitrogens with one attached hydrogen (secondary N) is 2. The number of amides is 2. The van der Waals surface area contributed by atoms with Gasteiger partial charge in [0.1, 0.15) is 6.61 Å². The fraction of sp³-hybridized carbons (Fsp3) is 0.429. The molecule has 2 amide bonds. The van der Waals surface area contributed by atoms with E-state index in [0.29, 0.717) is 18.8 Å². The first-order chi connectivity index (χ1) is 10.8. The Labute approximate surface area is 130 Å². The zero-order chi connectivity index (χ0) is 17.3. The molecule has 0 aliphatic heterocycles. The molecule has 0 atom stereocenters. The minimum atomic E-state index is -4.94. The van der Waals surface area contributed by atoms with Crippen LogP contribution in [0.3, 0.4) is 0 Å². The Morgan fingerprint density at radius 2 is 1.78 bits per heavy atom. The Morgan fingerprint density at radius 1 is 1.13 bits per heavy atom. The molecule has 0 aliphatic rings. The van der Waals surface area contributed by atoms with Gasteiger partial charge in [-0.15, -0.1) is 0 Å². The summed E-state index contributed by atoms with van der Waals surface area (Å²) in [4.78, 5) is 22.2. The molecule has 0 saturated heterocycles. The van der Waals surface area contributed by atoms with Crippen LogP contribution >= 0.6 is 0 Å². The summed E-state index contributed by atoms with van der Waals surface area (Å²) < 4.78 is 46.1. The fourth-order valence-electron chi connectivity index (χ4n) is 1.47. The number of hydrogen-bond acceptors (Lipinski definition) is 4. The Kier molecular flexibility index (Phi) is 7.49. The second-order valence-corrected chi connectivity index (χ2v) is 4.47. The molecular weight excluding hydrogens is 317 g/mol. The second-order valence-electron chi connectivity index (χ2n) is 4.47. The van der Waals surface area contributed by atoms with E-state index in [1.54, 1.807) is 5.32 Å². The van der Waals surface area contributed by atoms with Crippen molar-refractivity contribution in [2.45, 2.75) is 12.7 Å². The van der Waals surface area contributed by atoms with Gasteiger partial charge >= 0.3 is 12.1 Å². The first-order valence-electron chi connectivity index (χ1n) is 6.63. The van der Waals surface area contributed by atoms with Gasteiger partial charge in [-0.05, 0) is 17.7 Å². The standard InChI is InChI=1S/C14H17F3N2O4/c1-22-6-7-23-9-12(20)18-8-10-2-4-11(5-3-10)19-13(21)14(15,16)17/h2-5H,6-9H2,1H3,(H,18,20)(H,19,21). The molecule has 0 spiro atoms. The van der Waals surface area contributed by atoms with Crippen LogP contribution in [0, 0.1) is 0 Å². The molecule has 0 saturated carbocycles. The van der Waals surface area contributed by atoms with Crippen molar-refractivity contribution in [3.63, 3.8) is 0 Å². The van der Waals surface area contributed by atoms with Crippen molar-refractivity contribution in [3.8, 4) is 0 Å². The van der Waals surface area contributed by atoms with Gasteiger partial charge in [-0.2, -0.15) is 13.2 Å². The quantitative estimate of drug-likeness (QED) is 0.706. The highest BCUT2D eigenvalue weighted by Gasteiger charge is 2.38. The van der Waals surface area contributed by atoms with Crippen molar-refractivity contribution in [2.24, 2.45) is 0 Å². The van der Waals surface area contributed by atoms with Crippen molar-refractivity contribution >= 4 is 17.5 Å². The third kappa shape index (κ3) is 7.61. The molecule has 128 valence electrons. The van der Waals surface area contributed by atoms with E-state index in [1.807, 2.05) is 0 Å². The molecule has 1 aromatic rings. The monoisotopic (exact) mass is 334 g/mol. The van der Waals surface area contributed by atoms with E-state index in [1.165, 1.54) is 31.4 Å². The van der Waals surface area contributed by atoms with E-state index in [-0.39, 0.29) is 24.7 Å². The minimum Gasteiger partial charge on any atom is -0.382 e. The lowest BCUT2D eigenvalue weighted by Gasteiger charge is -2.09. The molecule has 0 radical (unpaired) electrons. The summed E-state index contributed by atoms with van der Waals surface area (Å²) >= 11 is 0. The van der Waals surface area contributed by atoms with Crippen LogP contribution in [-0.2, 0) is 25.6 Å². The SMILES string of the molecule is COCCOCC(=O)NCc1ccc(NC(=O)C(F)(F)F)cc1. The minimum absolute atomic E-state index is 0.0188. The van der Waals surface area contributed by atoms with Crippen LogP contribution in [-0.4, -0.2) is 44.9 Å². The van der Waals surface area contributed by atoms with Crippen LogP contribution in [0.5, 0.6) is 0 Å². The Morgan fingerprint density at radius 3 is 2.35 bits per heavy atom. The predicted octanol–water partition coefficient (Wildman–Crippen LogP) is 1.47. The van der Waals surface area contributed by atoms with Crippen molar-refractivity contribution in [1.29, 1.82) is 0 Å². The van der Waals surface area contributed by atoms with E-state index >= 15 is 0 Å². The number of methoxy groups -OCH3 is 1. The number of carbonyl (C=O) groups is 2. The number of alkyl halides is 3. The summed E-state index contributed by atoms with van der Waals surface area (Å²) in [6.45, 7) is 0.777. The zero-order valence-corrected chi connectivity index (χ0v) is 12.4. The molecule has 0 bridgehead atoms. The summed E-state index contributed by atoms with van der Waals surface area (Å²) in [5.74, 6) is -2.36. The van der Waals surface area contributed by atoms with Gasteiger partial charge in [-0.25, -0.2) is 0 Å². The average molecular weight is 334 g/mol. The van der Waals surface area contributed by atoms with Crippen molar-refractivity contribution < 1.29 is 32.2 Å². The molecule has 23 heavy (non-hydrogen) atoms. The molecular formula is C14H17F3N2O4. The van der Waals surface area contributed by atoms with Gasteiger partial charge in [-0.1, -0.05) is 12.1 Å². The molecule has 1 aromatic carbocycles. The highest BCUT2D eigenvalue weighted by molar-refractivity contribution is 5.94. The maximum absolute atomic E-state index is 12.1. The molecule has 2 N–H and O–H groups in total. The summed E-state index contributed by atoms with van der Waals surface area (Å²) in [6.07, 6.45) is -4.94. The summed E-state index contributed by atoms with van der Waals surface area (Å²) in [7, 11) is 1.52. The number of benzene rings is 1. The number of anilines is 1. The van der Waals surface area contributed by atoms with Gasteiger partial charge in [0, 0.05) is 19.3 Å². The maximum atomic E-state index is 12.1. The molecule has 0 aromatic heterocycles. The van der Waals surface area contributed by atoms with Gasteiger partial charge in [0.15, 0.2) is 0 Å². The molecule has 0 heterocycles. The van der Waals surface area contributed by atoms with Crippen LogP contribution in [0.25, 0.3) is 0 Å². The maximum Gasteiger partial charge on any atom is 0.471 e. The first kappa shape index (κ1) is 18.9. The van der Waals surface area contributed by atoms with E-state index in [0.717, 1.165) is 0 Å². The van der Waals surface area contributed by atoms with Gasteiger partial charge in [-0.3, -0.25) is 9.59 Å². The Balaban J connectivity index is 2.37. The van der Waals surface area contributed by atoms with E-state index in [2.05, 4.69) is 5.32 Å². The third-order valence-electron chi connectivity index (χ3n) is 2.62. The predicted molar refractivity (Wildman–Crippen MR) is 75.7 cm³/mol. The highest BCUT2D eigenvalue weighted by atomic mass is 19.4. The lowest BCUT2D eigenvalue weighted by molar-refractivity contribution is -0.167. The number of ether oxygens (including phenoxy) is 2. The van der Waals surface area contributed by atoms with Crippen LogP contribution < -0.4 is 10.6 Å². The second kappa shape index (κ2) is 9.11. The highest BCUT2D eigenvalue weighted by Crippen LogP contribution is 2.18. The van der Waals surface area contributed by atoms with Crippen LogP contribution in [0.2, 0.25) is 0 Å². The van der Waals surface area contributed by atoms with Crippen molar-refractivity contribution in [1.82, 2.24) is 5.32 Å². The van der Waals surface area contributed by atoms with Gasteiger partial charge in [0.05, 0.1) is 13.2 Å². The van der Waals surface area contributed by atoms with E-state index in [9.17, 15) is 22.8 Å². The van der Waals surface area contributed by atoms with Crippen LogP contribution in [0.15, 0.2) is 24.3 Å². The van der Waals surface area contributed by atoms with Gasteiger partial charge in [0.2, 0.25) is 5.91 Å². The molecule has 9 heteroatoms. The number of rotatable bonds is 8. The Bertz CT molecular complexity index is 518. The van der Waals surface area contributed by atoms with Crippen molar-refractivity contribution in [2.75, 3.05) is 32.2 Å². The van der Waals surface area contributed by atoms with Crippen LogP contribution in [0.4, 0.5) is 18.9 Å². The average Bonchev–Trinajstić information content (AvgIpc) is 2.50. The number of halogens is 3. The van der Waals surface area contributed by atoms with Gasteiger partial charge in [0.25, 0.3) is 0 Å². The zero-order valence-electron chi connectivity index (χ0n) is 12.4. The topological polar surface area (TPSA) is 76.7 Å². The summed E-state index contributed by atoms with van der Waals surface area (Å²) in [6, 6.07) is 5.64. The lowest BCUT2D eigenvalue weighted by atomic mass is 10.2.